The maximum Gasteiger partial charge on any atom is 0.306 e. The van der Waals surface area contributed by atoms with Crippen LogP contribution in [0.3, 0.4) is 0 Å². The molecule has 1 heterocycles. The van der Waals surface area contributed by atoms with Crippen LogP contribution >= 0.6 is 0 Å². The van der Waals surface area contributed by atoms with E-state index in [2.05, 4.69) is 5.32 Å². The maximum absolute atomic E-state index is 12.3. The van der Waals surface area contributed by atoms with Crippen LogP contribution in [0.5, 0.6) is 11.5 Å². The second-order valence-corrected chi connectivity index (χ2v) is 7.02. The highest BCUT2D eigenvalue weighted by molar-refractivity contribution is 5.95. The Morgan fingerprint density at radius 1 is 1.15 bits per heavy atom. The highest BCUT2D eigenvalue weighted by atomic mass is 16.6. The lowest BCUT2D eigenvalue weighted by molar-refractivity contribution is -0.153. The van der Waals surface area contributed by atoms with Crippen LogP contribution in [0, 0.1) is 5.92 Å². The molecule has 1 atom stereocenters. The number of hydrogen-bond acceptors (Lipinski definition) is 5. The first-order valence-electron chi connectivity index (χ1n) is 9.52. The van der Waals surface area contributed by atoms with E-state index in [0.29, 0.717) is 42.7 Å². The minimum atomic E-state index is -0.831. The zero-order valence-corrected chi connectivity index (χ0v) is 15.3. The largest absolute Gasteiger partial charge is 0.486 e. The molecule has 1 saturated carbocycles. The van der Waals surface area contributed by atoms with Gasteiger partial charge in [0.25, 0.3) is 5.91 Å². The first-order chi connectivity index (χ1) is 12.6. The molecular weight excluding hydrogens is 334 g/mol. The molecule has 1 unspecified atom stereocenters. The lowest BCUT2D eigenvalue weighted by atomic mass is 9.86. The summed E-state index contributed by atoms with van der Waals surface area (Å²) in [5.74, 6) is 1.23. The summed E-state index contributed by atoms with van der Waals surface area (Å²) in [4.78, 5) is 24.3. The Morgan fingerprint density at radius 2 is 1.88 bits per heavy atom. The smallest absolute Gasteiger partial charge is 0.306 e. The third-order valence-corrected chi connectivity index (χ3v) is 4.97. The van der Waals surface area contributed by atoms with Gasteiger partial charge in [-0.3, -0.25) is 9.59 Å². The summed E-state index contributed by atoms with van der Waals surface area (Å²) in [6, 6.07) is 5.21. The minimum Gasteiger partial charge on any atom is -0.486 e. The molecule has 0 radical (unpaired) electrons. The van der Waals surface area contributed by atoms with Gasteiger partial charge >= 0.3 is 5.97 Å². The molecule has 2 aliphatic rings. The van der Waals surface area contributed by atoms with Gasteiger partial charge in [0.1, 0.15) is 13.2 Å². The average molecular weight is 361 g/mol. The van der Waals surface area contributed by atoms with Crippen LogP contribution < -0.4 is 14.8 Å². The highest BCUT2D eigenvalue weighted by Crippen LogP contribution is 2.32. The fourth-order valence-electron chi connectivity index (χ4n) is 3.47. The van der Waals surface area contributed by atoms with Crippen molar-refractivity contribution in [3.63, 3.8) is 0 Å². The second kappa shape index (κ2) is 8.92. The Kier molecular flexibility index (Phi) is 6.36. The Morgan fingerprint density at radius 3 is 2.65 bits per heavy atom. The predicted octanol–water partition coefficient (Wildman–Crippen LogP) is 3.69. The Bertz CT molecular complexity index is 639. The lowest BCUT2D eigenvalue weighted by Crippen LogP contribution is -2.30. The number of carbonyl (C=O) groups excluding carboxylic acids is 2. The molecule has 1 aromatic carbocycles. The summed E-state index contributed by atoms with van der Waals surface area (Å²) in [5.41, 5.74) is 0.587. The summed E-state index contributed by atoms with van der Waals surface area (Å²) in [6.45, 7) is 2.60. The van der Waals surface area contributed by atoms with Gasteiger partial charge in [-0.1, -0.05) is 32.1 Å². The lowest BCUT2D eigenvalue weighted by Gasteiger charge is -2.21. The van der Waals surface area contributed by atoms with Crippen molar-refractivity contribution in [2.45, 2.75) is 58.0 Å². The van der Waals surface area contributed by atoms with Crippen LogP contribution in [0.1, 0.15) is 51.9 Å². The van der Waals surface area contributed by atoms with Crippen LogP contribution in [0.25, 0.3) is 0 Å². The predicted molar refractivity (Wildman–Crippen MR) is 97.4 cm³/mol. The molecule has 0 bridgehead atoms. The number of esters is 1. The van der Waals surface area contributed by atoms with E-state index in [4.69, 9.17) is 14.2 Å². The van der Waals surface area contributed by atoms with Gasteiger partial charge in [-0.25, -0.2) is 0 Å². The van der Waals surface area contributed by atoms with Crippen molar-refractivity contribution >= 4 is 17.6 Å². The van der Waals surface area contributed by atoms with E-state index < -0.39 is 6.10 Å². The molecule has 1 fully saturated rings. The number of rotatable bonds is 6. The molecule has 0 aromatic heterocycles. The van der Waals surface area contributed by atoms with E-state index in [1.807, 2.05) is 0 Å². The Balaban J connectivity index is 1.44. The SMILES string of the molecule is CC(OC(=O)CCC1CCCCC1)C(=O)Nc1ccc2c(c1)OCCO2. The van der Waals surface area contributed by atoms with E-state index in [1.54, 1.807) is 25.1 Å². The number of nitrogens with one attached hydrogen (secondary N) is 1. The quantitative estimate of drug-likeness (QED) is 0.782. The van der Waals surface area contributed by atoms with Gasteiger partial charge in [0, 0.05) is 18.2 Å². The van der Waals surface area contributed by atoms with Gasteiger partial charge in [-0.15, -0.1) is 0 Å². The zero-order valence-electron chi connectivity index (χ0n) is 15.3. The molecule has 1 N–H and O–H groups in total. The highest BCUT2D eigenvalue weighted by Gasteiger charge is 2.21. The fraction of sp³-hybridized carbons (Fsp3) is 0.600. The third kappa shape index (κ3) is 5.13. The van der Waals surface area contributed by atoms with Crippen LogP contribution in [0.4, 0.5) is 5.69 Å². The van der Waals surface area contributed by atoms with E-state index in [-0.39, 0.29) is 11.9 Å². The zero-order chi connectivity index (χ0) is 18.4. The number of hydrogen-bond donors (Lipinski definition) is 1. The van der Waals surface area contributed by atoms with Crippen LogP contribution in [-0.2, 0) is 14.3 Å². The maximum atomic E-state index is 12.3. The van der Waals surface area contributed by atoms with Crippen molar-refractivity contribution in [3.8, 4) is 11.5 Å². The molecule has 1 amide bonds. The van der Waals surface area contributed by atoms with Crippen molar-refractivity contribution in [1.29, 1.82) is 0 Å². The molecule has 0 spiro atoms. The van der Waals surface area contributed by atoms with Crippen LogP contribution in [0.2, 0.25) is 0 Å². The van der Waals surface area contributed by atoms with Crippen molar-refractivity contribution in [2.75, 3.05) is 18.5 Å². The number of anilines is 1. The second-order valence-electron chi connectivity index (χ2n) is 7.02. The molecule has 1 aliphatic heterocycles. The number of amides is 1. The summed E-state index contributed by atoms with van der Waals surface area (Å²) in [6.07, 6.45) is 6.63. The van der Waals surface area contributed by atoms with Crippen molar-refractivity contribution in [3.05, 3.63) is 18.2 Å². The molecule has 26 heavy (non-hydrogen) atoms. The third-order valence-electron chi connectivity index (χ3n) is 4.97. The molecule has 6 nitrogen and oxygen atoms in total. The van der Waals surface area contributed by atoms with E-state index in [9.17, 15) is 9.59 Å². The van der Waals surface area contributed by atoms with Crippen molar-refractivity contribution < 1.29 is 23.8 Å². The molecule has 1 aromatic rings. The van der Waals surface area contributed by atoms with E-state index >= 15 is 0 Å². The Hall–Kier alpha value is -2.24. The van der Waals surface area contributed by atoms with Gasteiger partial charge in [-0.2, -0.15) is 0 Å². The van der Waals surface area contributed by atoms with Gasteiger partial charge in [0.05, 0.1) is 0 Å². The monoisotopic (exact) mass is 361 g/mol. The van der Waals surface area contributed by atoms with Crippen molar-refractivity contribution in [2.24, 2.45) is 5.92 Å². The molecular formula is C20H27NO5. The summed E-state index contributed by atoms with van der Waals surface area (Å²) in [7, 11) is 0. The molecule has 6 heteroatoms. The van der Waals surface area contributed by atoms with Crippen LogP contribution in [0.15, 0.2) is 18.2 Å². The van der Waals surface area contributed by atoms with E-state index in [0.717, 1.165) is 6.42 Å². The van der Waals surface area contributed by atoms with Gasteiger partial charge in [0.15, 0.2) is 17.6 Å². The fourth-order valence-corrected chi connectivity index (χ4v) is 3.47. The first-order valence-corrected chi connectivity index (χ1v) is 9.52. The Labute approximate surface area is 154 Å². The minimum absolute atomic E-state index is 0.305. The molecule has 142 valence electrons. The van der Waals surface area contributed by atoms with E-state index in [1.165, 1.54) is 32.1 Å². The number of benzene rings is 1. The first kappa shape index (κ1) is 18.5. The molecule has 1 aliphatic carbocycles. The standard InChI is InChI=1S/C20H27NO5/c1-14(26-19(22)10-7-15-5-3-2-4-6-15)20(23)21-16-8-9-17-18(13-16)25-12-11-24-17/h8-9,13-15H,2-7,10-12H2,1H3,(H,21,23). The number of ether oxygens (including phenoxy) is 3. The summed E-state index contributed by atoms with van der Waals surface area (Å²) < 4.78 is 16.2. The van der Waals surface area contributed by atoms with Gasteiger partial charge in [0.2, 0.25) is 0 Å². The summed E-state index contributed by atoms with van der Waals surface area (Å²) in [5, 5.41) is 2.75. The average Bonchev–Trinajstić information content (AvgIpc) is 2.67. The normalized spacial score (nSPS) is 18.0. The number of fused-ring (bicyclic) bond motifs is 1. The van der Waals surface area contributed by atoms with Crippen molar-refractivity contribution in [1.82, 2.24) is 0 Å². The van der Waals surface area contributed by atoms with Crippen LogP contribution in [-0.4, -0.2) is 31.2 Å². The summed E-state index contributed by atoms with van der Waals surface area (Å²) >= 11 is 0. The topological polar surface area (TPSA) is 73.9 Å². The van der Waals surface area contributed by atoms with Gasteiger partial charge in [-0.05, 0) is 31.4 Å². The number of carbonyl (C=O) groups is 2. The van der Waals surface area contributed by atoms with Gasteiger partial charge < -0.3 is 19.5 Å². The molecule has 0 saturated heterocycles. The molecule has 3 rings (SSSR count).